The van der Waals surface area contributed by atoms with Gasteiger partial charge in [0.05, 0.1) is 6.10 Å². The zero-order valence-electron chi connectivity index (χ0n) is 6.88. The standard InChI is InChI=1S/C8H11F3O2/c9-8(10,11)7(13)3-4-1-2-5(7)6(4)12/h4-6,12-13H,1-3H2. The second kappa shape index (κ2) is 2.39. The van der Waals surface area contributed by atoms with Crippen LogP contribution in [-0.4, -0.2) is 28.1 Å². The van der Waals surface area contributed by atoms with Gasteiger partial charge >= 0.3 is 6.18 Å². The molecule has 2 aliphatic carbocycles. The van der Waals surface area contributed by atoms with E-state index in [1.165, 1.54) is 0 Å². The molecule has 2 N–H and O–H groups in total. The quantitative estimate of drug-likeness (QED) is 0.608. The summed E-state index contributed by atoms with van der Waals surface area (Å²) in [7, 11) is 0. The van der Waals surface area contributed by atoms with Gasteiger partial charge in [-0.15, -0.1) is 0 Å². The summed E-state index contributed by atoms with van der Waals surface area (Å²) < 4.78 is 37.2. The summed E-state index contributed by atoms with van der Waals surface area (Å²) >= 11 is 0. The molecule has 2 fully saturated rings. The highest BCUT2D eigenvalue weighted by Gasteiger charge is 2.68. The minimum Gasteiger partial charge on any atom is -0.392 e. The van der Waals surface area contributed by atoms with E-state index < -0.39 is 23.8 Å². The van der Waals surface area contributed by atoms with Gasteiger partial charge in [0, 0.05) is 5.92 Å². The lowest BCUT2D eigenvalue weighted by atomic mass is 9.83. The molecule has 0 aromatic heterocycles. The van der Waals surface area contributed by atoms with Gasteiger partial charge in [-0.3, -0.25) is 0 Å². The van der Waals surface area contributed by atoms with E-state index in [-0.39, 0.29) is 18.8 Å². The summed E-state index contributed by atoms with van der Waals surface area (Å²) in [6, 6.07) is 0. The number of hydrogen-bond donors (Lipinski definition) is 2. The molecular weight excluding hydrogens is 185 g/mol. The maximum Gasteiger partial charge on any atom is 0.417 e. The summed E-state index contributed by atoms with van der Waals surface area (Å²) in [6.45, 7) is 0. The van der Waals surface area contributed by atoms with Crippen LogP contribution in [0.25, 0.3) is 0 Å². The molecule has 0 aliphatic heterocycles. The van der Waals surface area contributed by atoms with Gasteiger partial charge in [-0.1, -0.05) is 0 Å². The summed E-state index contributed by atoms with van der Waals surface area (Å²) in [4.78, 5) is 0. The van der Waals surface area contributed by atoms with Crippen molar-refractivity contribution >= 4 is 0 Å². The van der Waals surface area contributed by atoms with Gasteiger partial charge < -0.3 is 10.2 Å². The number of rotatable bonds is 0. The fourth-order valence-corrected chi connectivity index (χ4v) is 2.68. The number of hydrogen-bond acceptors (Lipinski definition) is 2. The van der Waals surface area contributed by atoms with Gasteiger partial charge in [-0.05, 0) is 25.2 Å². The maximum atomic E-state index is 12.4. The largest absolute Gasteiger partial charge is 0.417 e. The maximum absolute atomic E-state index is 12.4. The van der Waals surface area contributed by atoms with E-state index >= 15 is 0 Å². The normalized spacial score (nSPS) is 50.1. The van der Waals surface area contributed by atoms with Crippen LogP contribution in [0.3, 0.4) is 0 Å². The Balaban J connectivity index is 2.28. The van der Waals surface area contributed by atoms with Crippen molar-refractivity contribution in [3.63, 3.8) is 0 Å². The molecule has 4 unspecified atom stereocenters. The number of alkyl halides is 3. The van der Waals surface area contributed by atoms with E-state index in [0.29, 0.717) is 6.42 Å². The minimum absolute atomic E-state index is 0.280. The summed E-state index contributed by atoms with van der Waals surface area (Å²) in [5.41, 5.74) is -2.63. The average molecular weight is 196 g/mol. The predicted molar refractivity (Wildman–Crippen MR) is 37.8 cm³/mol. The zero-order chi connectivity index (χ0) is 9.85. The Morgan fingerprint density at radius 1 is 1.23 bits per heavy atom. The van der Waals surface area contributed by atoms with Crippen LogP contribution in [0, 0.1) is 11.8 Å². The van der Waals surface area contributed by atoms with Gasteiger partial charge in [0.25, 0.3) is 0 Å². The fraction of sp³-hybridized carbons (Fsp3) is 1.00. The number of aliphatic hydroxyl groups is 2. The van der Waals surface area contributed by atoms with E-state index in [9.17, 15) is 23.4 Å². The van der Waals surface area contributed by atoms with Crippen LogP contribution in [0.15, 0.2) is 0 Å². The molecule has 0 aromatic carbocycles. The van der Waals surface area contributed by atoms with Crippen LogP contribution in [0.5, 0.6) is 0 Å². The van der Waals surface area contributed by atoms with Crippen molar-refractivity contribution in [3.05, 3.63) is 0 Å². The van der Waals surface area contributed by atoms with Crippen molar-refractivity contribution < 1.29 is 23.4 Å². The Bertz CT molecular complexity index is 228. The predicted octanol–water partition coefficient (Wildman–Crippen LogP) is 1.07. The number of fused-ring (bicyclic) bond motifs is 2. The zero-order valence-corrected chi connectivity index (χ0v) is 6.88. The first kappa shape index (κ1) is 9.27. The van der Waals surface area contributed by atoms with Gasteiger partial charge in [0.2, 0.25) is 0 Å². The first-order valence-corrected chi connectivity index (χ1v) is 4.33. The summed E-state index contributed by atoms with van der Waals surface area (Å²) in [5, 5.41) is 18.8. The minimum atomic E-state index is -4.60. The molecule has 0 spiro atoms. The number of aliphatic hydroxyl groups excluding tert-OH is 1. The second-order valence-corrected chi connectivity index (χ2v) is 4.06. The molecule has 0 radical (unpaired) electrons. The molecule has 2 rings (SSSR count). The third-order valence-corrected chi connectivity index (χ3v) is 3.42. The molecule has 2 aliphatic rings. The molecule has 0 aromatic rings. The van der Waals surface area contributed by atoms with Gasteiger partial charge in [-0.25, -0.2) is 0 Å². The molecule has 76 valence electrons. The van der Waals surface area contributed by atoms with Crippen LogP contribution in [-0.2, 0) is 0 Å². The Morgan fingerprint density at radius 3 is 2.08 bits per heavy atom. The molecule has 0 heterocycles. The van der Waals surface area contributed by atoms with Gasteiger partial charge in [-0.2, -0.15) is 13.2 Å². The lowest BCUT2D eigenvalue weighted by molar-refractivity contribution is -0.279. The van der Waals surface area contributed by atoms with Crippen LogP contribution in [0.1, 0.15) is 19.3 Å². The van der Waals surface area contributed by atoms with Crippen molar-refractivity contribution in [1.29, 1.82) is 0 Å². The molecular formula is C8H11F3O2. The van der Waals surface area contributed by atoms with Crippen LogP contribution in [0.2, 0.25) is 0 Å². The Morgan fingerprint density at radius 2 is 1.85 bits per heavy atom. The van der Waals surface area contributed by atoms with Crippen LogP contribution < -0.4 is 0 Å². The summed E-state index contributed by atoms with van der Waals surface area (Å²) in [6.07, 6.45) is -5.02. The highest BCUT2D eigenvalue weighted by Crippen LogP contribution is 2.56. The highest BCUT2D eigenvalue weighted by molar-refractivity contribution is 5.09. The first-order chi connectivity index (χ1) is 5.86. The third-order valence-electron chi connectivity index (χ3n) is 3.42. The average Bonchev–Trinajstić information content (AvgIpc) is 2.42. The van der Waals surface area contributed by atoms with Crippen molar-refractivity contribution in [2.75, 3.05) is 0 Å². The van der Waals surface area contributed by atoms with Crippen molar-refractivity contribution in [2.24, 2.45) is 11.8 Å². The van der Waals surface area contributed by atoms with E-state index in [4.69, 9.17) is 0 Å². The van der Waals surface area contributed by atoms with Gasteiger partial charge in [0.1, 0.15) is 0 Å². The van der Waals surface area contributed by atoms with E-state index in [1.807, 2.05) is 0 Å². The van der Waals surface area contributed by atoms with E-state index in [2.05, 4.69) is 0 Å². The molecule has 5 heteroatoms. The smallest absolute Gasteiger partial charge is 0.392 e. The highest BCUT2D eigenvalue weighted by atomic mass is 19.4. The molecule has 4 atom stereocenters. The molecule has 13 heavy (non-hydrogen) atoms. The molecule has 2 saturated carbocycles. The molecule has 0 amide bonds. The summed E-state index contributed by atoms with van der Waals surface area (Å²) in [5.74, 6) is -1.37. The second-order valence-electron chi connectivity index (χ2n) is 4.06. The van der Waals surface area contributed by atoms with Gasteiger partial charge in [0.15, 0.2) is 5.60 Å². The van der Waals surface area contributed by atoms with Crippen LogP contribution >= 0.6 is 0 Å². The number of halogens is 3. The molecule has 2 bridgehead atoms. The van der Waals surface area contributed by atoms with E-state index in [0.717, 1.165) is 0 Å². The topological polar surface area (TPSA) is 40.5 Å². The molecule has 2 nitrogen and oxygen atoms in total. The SMILES string of the molecule is OC1C2CCC1C(O)(C(F)(F)F)C2. The van der Waals surface area contributed by atoms with Crippen molar-refractivity contribution in [1.82, 2.24) is 0 Å². The fourth-order valence-electron chi connectivity index (χ4n) is 2.68. The van der Waals surface area contributed by atoms with Crippen molar-refractivity contribution in [3.8, 4) is 0 Å². The third kappa shape index (κ3) is 1.03. The molecule has 0 saturated heterocycles. The Kier molecular flexibility index (Phi) is 1.70. The van der Waals surface area contributed by atoms with Crippen molar-refractivity contribution in [2.45, 2.75) is 37.1 Å². The Labute approximate surface area is 73.4 Å². The first-order valence-electron chi connectivity index (χ1n) is 4.33. The Hall–Kier alpha value is -0.290. The monoisotopic (exact) mass is 196 g/mol. The van der Waals surface area contributed by atoms with Crippen LogP contribution in [0.4, 0.5) is 13.2 Å². The lowest BCUT2D eigenvalue weighted by Crippen LogP contribution is -2.50. The van der Waals surface area contributed by atoms with E-state index in [1.54, 1.807) is 0 Å². The lowest BCUT2D eigenvalue weighted by Gasteiger charge is -2.33.